The van der Waals surface area contributed by atoms with Crippen LogP contribution >= 0.6 is 0 Å². The Kier molecular flexibility index (Phi) is 6.57. The molecule has 5 heteroatoms. The Morgan fingerprint density at radius 1 is 1.04 bits per heavy atom. The highest BCUT2D eigenvalue weighted by Crippen LogP contribution is 2.22. The second kappa shape index (κ2) is 8.87. The quantitative estimate of drug-likeness (QED) is 0.840. The maximum Gasteiger partial charge on any atom is 0.254 e. The van der Waals surface area contributed by atoms with Gasteiger partial charge in [-0.05, 0) is 51.1 Å². The number of likely N-dealkylation sites (N-methyl/N-ethyl adjacent to an activating group) is 1. The summed E-state index contributed by atoms with van der Waals surface area (Å²) in [5.74, 6) is 0.928. The number of rotatable bonds is 7. The van der Waals surface area contributed by atoms with Gasteiger partial charge in [-0.3, -0.25) is 9.59 Å². The Labute approximate surface area is 148 Å². The Balaban J connectivity index is 2.09. The van der Waals surface area contributed by atoms with Gasteiger partial charge in [0.1, 0.15) is 11.5 Å². The summed E-state index contributed by atoms with van der Waals surface area (Å²) >= 11 is 0. The van der Waals surface area contributed by atoms with Gasteiger partial charge in [-0.25, -0.2) is 0 Å². The molecular weight excluding hydrogens is 316 g/mol. The molecule has 0 spiro atoms. The van der Waals surface area contributed by atoms with Crippen molar-refractivity contribution in [2.45, 2.75) is 26.8 Å². The maximum absolute atomic E-state index is 12.7. The molecular formula is C20H24N2O3. The molecule has 2 aromatic rings. The number of carbonyl (C=O) groups is 2. The molecule has 2 amide bonds. The predicted molar refractivity (Wildman–Crippen MR) is 97.8 cm³/mol. The summed E-state index contributed by atoms with van der Waals surface area (Å²) in [5, 5.41) is 2.80. The Morgan fingerprint density at radius 3 is 2.36 bits per heavy atom. The second-order valence-electron chi connectivity index (χ2n) is 5.98. The minimum atomic E-state index is -0.195. The second-order valence-corrected chi connectivity index (χ2v) is 5.98. The van der Waals surface area contributed by atoms with Crippen molar-refractivity contribution >= 4 is 11.8 Å². The molecule has 132 valence electrons. The average Bonchev–Trinajstić information content (AvgIpc) is 2.59. The molecule has 5 nitrogen and oxygen atoms in total. The van der Waals surface area contributed by atoms with Crippen molar-refractivity contribution in [1.29, 1.82) is 0 Å². The predicted octanol–water partition coefficient (Wildman–Crippen LogP) is 3.47. The molecule has 0 atom stereocenters. The van der Waals surface area contributed by atoms with Gasteiger partial charge in [0.2, 0.25) is 5.91 Å². The third kappa shape index (κ3) is 5.64. The highest BCUT2D eigenvalue weighted by atomic mass is 16.5. The fraction of sp³-hybridized carbons (Fsp3) is 0.300. The van der Waals surface area contributed by atoms with Crippen LogP contribution in [0, 0.1) is 0 Å². The van der Waals surface area contributed by atoms with Gasteiger partial charge in [-0.1, -0.05) is 24.3 Å². The molecule has 25 heavy (non-hydrogen) atoms. The van der Waals surface area contributed by atoms with Crippen LogP contribution in [0.4, 0.5) is 0 Å². The van der Waals surface area contributed by atoms with Gasteiger partial charge >= 0.3 is 0 Å². The number of nitrogens with zero attached hydrogens (tertiary/aromatic N) is 1. The lowest BCUT2D eigenvalue weighted by atomic mass is 10.2. The topological polar surface area (TPSA) is 58.6 Å². The zero-order valence-corrected chi connectivity index (χ0v) is 14.9. The van der Waals surface area contributed by atoms with E-state index in [9.17, 15) is 9.59 Å². The Hall–Kier alpha value is -2.82. The van der Waals surface area contributed by atoms with Gasteiger partial charge in [0.25, 0.3) is 5.91 Å². The lowest BCUT2D eigenvalue weighted by molar-refractivity contribution is -0.122. The van der Waals surface area contributed by atoms with Crippen LogP contribution in [0.25, 0.3) is 0 Å². The van der Waals surface area contributed by atoms with Crippen LogP contribution in [-0.4, -0.2) is 35.8 Å². The summed E-state index contributed by atoms with van der Waals surface area (Å²) in [4.78, 5) is 26.1. The minimum absolute atomic E-state index is 0.0390. The smallest absolute Gasteiger partial charge is 0.254 e. The first-order chi connectivity index (χ1) is 12.0. The van der Waals surface area contributed by atoms with Crippen molar-refractivity contribution < 1.29 is 14.3 Å². The van der Waals surface area contributed by atoms with Gasteiger partial charge in [0, 0.05) is 18.2 Å². The van der Waals surface area contributed by atoms with Gasteiger partial charge < -0.3 is 15.0 Å². The third-order valence-corrected chi connectivity index (χ3v) is 3.51. The summed E-state index contributed by atoms with van der Waals surface area (Å²) < 4.78 is 5.77. The van der Waals surface area contributed by atoms with Gasteiger partial charge in [-0.15, -0.1) is 0 Å². The van der Waals surface area contributed by atoms with Crippen molar-refractivity contribution in [1.82, 2.24) is 10.2 Å². The van der Waals surface area contributed by atoms with Crippen LogP contribution in [-0.2, 0) is 4.79 Å². The first-order valence-electron chi connectivity index (χ1n) is 8.41. The molecule has 0 aliphatic heterocycles. The molecule has 0 unspecified atom stereocenters. The molecule has 2 rings (SSSR count). The van der Waals surface area contributed by atoms with Crippen LogP contribution in [0.3, 0.4) is 0 Å². The van der Waals surface area contributed by atoms with Crippen molar-refractivity contribution in [2.75, 3.05) is 13.1 Å². The van der Waals surface area contributed by atoms with Crippen LogP contribution in [0.5, 0.6) is 11.5 Å². The normalized spacial score (nSPS) is 10.4. The van der Waals surface area contributed by atoms with E-state index in [-0.39, 0.29) is 24.4 Å². The van der Waals surface area contributed by atoms with E-state index >= 15 is 0 Å². The van der Waals surface area contributed by atoms with Crippen molar-refractivity contribution in [3.05, 3.63) is 60.2 Å². The minimum Gasteiger partial charge on any atom is -0.457 e. The van der Waals surface area contributed by atoms with Crippen LogP contribution in [0.2, 0.25) is 0 Å². The van der Waals surface area contributed by atoms with E-state index in [4.69, 9.17) is 4.74 Å². The number of hydrogen-bond acceptors (Lipinski definition) is 3. The van der Waals surface area contributed by atoms with E-state index in [1.54, 1.807) is 24.3 Å². The largest absolute Gasteiger partial charge is 0.457 e. The molecule has 0 fully saturated rings. The van der Waals surface area contributed by atoms with E-state index in [0.29, 0.717) is 23.6 Å². The molecule has 0 saturated heterocycles. The standard InChI is InChI=1S/C20H24N2O3/c1-4-22(14-19(23)21-15(2)3)20(24)16-9-8-12-18(13-16)25-17-10-6-5-7-11-17/h5-13,15H,4,14H2,1-3H3,(H,21,23). The van der Waals surface area contributed by atoms with Gasteiger partial charge in [0.05, 0.1) is 6.54 Å². The van der Waals surface area contributed by atoms with E-state index in [1.807, 2.05) is 51.1 Å². The first kappa shape index (κ1) is 18.5. The Morgan fingerprint density at radius 2 is 1.72 bits per heavy atom. The van der Waals surface area contributed by atoms with Crippen LogP contribution in [0.1, 0.15) is 31.1 Å². The number of amides is 2. The SMILES string of the molecule is CCN(CC(=O)NC(C)C)C(=O)c1cccc(Oc2ccccc2)c1. The maximum atomic E-state index is 12.7. The zero-order chi connectivity index (χ0) is 18.2. The monoisotopic (exact) mass is 340 g/mol. The van der Waals surface area contributed by atoms with Crippen molar-refractivity contribution in [3.8, 4) is 11.5 Å². The van der Waals surface area contributed by atoms with Crippen molar-refractivity contribution in [3.63, 3.8) is 0 Å². The molecule has 0 saturated carbocycles. The number of benzene rings is 2. The van der Waals surface area contributed by atoms with Crippen LogP contribution in [0.15, 0.2) is 54.6 Å². The van der Waals surface area contributed by atoms with E-state index in [0.717, 1.165) is 0 Å². The fourth-order valence-electron chi connectivity index (χ4n) is 2.37. The zero-order valence-electron chi connectivity index (χ0n) is 14.9. The highest BCUT2D eigenvalue weighted by molar-refractivity contribution is 5.96. The molecule has 2 aromatic carbocycles. The average molecular weight is 340 g/mol. The summed E-state index contributed by atoms with van der Waals surface area (Å²) in [6, 6.07) is 16.4. The fourth-order valence-corrected chi connectivity index (χ4v) is 2.37. The highest BCUT2D eigenvalue weighted by Gasteiger charge is 2.18. The van der Waals surface area contributed by atoms with Gasteiger partial charge in [-0.2, -0.15) is 0 Å². The first-order valence-corrected chi connectivity index (χ1v) is 8.41. The molecule has 0 bridgehead atoms. The lowest BCUT2D eigenvalue weighted by Crippen LogP contribution is -2.42. The number of hydrogen-bond donors (Lipinski definition) is 1. The van der Waals surface area contributed by atoms with E-state index < -0.39 is 0 Å². The number of carbonyl (C=O) groups excluding carboxylic acids is 2. The van der Waals surface area contributed by atoms with Crippen LogP contribution < -0.4 is 10.1 Å². The molecule has 0 aromatic heterocycles. The van der Waals surface area contributed by atoms with E-state index in [2.05, 4.69) is 5.32 Å². The number of nitrogens with one attached hydrogen (secondary N) is 1. The molecule has 0 aliphatic rings. The molecule has 0 radical (unpaired) electrons. The number of ether oxygens (including phenoxy) is 1. The molecule has 0 aliphatic carbocycles. The summed E-state index contributed by atoms with van der Waals surface area (Å²) in [7, 11) is 0. The van der Waals surface area contributed by atoms with E-state index in [1.165, 1.54) is 4.90 Å². The summed E-state index contributed by atoms with van der Waals surface area (Å²) in [5.41, 5.74) is 0.493. The lowest BCUT2D eigenvalue weighted by Gasteiger charge is -2.21. The third-order valence-electron chi connectivity index (χ3n) is 3.51. The van der Waals surface area contributed by atoms with Gasteiger partial charge in [0.15, 0.2) is 0 Å². The summed E-state index contributed by atoms with van der Waals surface area (Å²) in [6.45, 7) is 6.12. The van der Waals surface area contributed by atoms with Crippen molar-refractivity contribution in [2.24, 2.45) is 0 Å². The molecule has 0 heterocycles. The number of para-hydroxylation sites is 1. The Bertz CT molecular complexity index is 714. The summed E-state index contributed by atoms with van der Waals surface area (Å²) in [6.07, 6.45) is 0. The molecule has 1 N–H and O–H groups in total.